The zero-order valence-electron chi connectivity index (χ0n) is 16.4. The van der Waals surface area contributed by atoms with Crippen LogP contribution in [-0.2, 0) is 9.59 Å². The number of hydrogen-bond acceptors (Lipinski definition) is 4. The Balaban J connectivity index is 2.24. The lowest BCUT2D eigenvalue weighted by molar-refractivity contribution is -0.137. The predicted molar refractivity (Wildman–Crippen MR) is 106 cm³/mol. The molecule has 1 aromatic carbocycles. The molecule has 2 N–H and O–H groups in total. The van der Waals surface area contributed by atoms with E-state index in [4.69, 9.17) is 9.84 Å². The monoisotopic (exact) mass is 376 g/mol. The predicted octanol–water partition coefficient (Wildman–Crippen LogP) is 4.31. The summed E-state index contributed by atoms with van der Waals surface area (Å²) in [7, 11) is 0. The molecule has 27 heavy (non-hydrogen) atoms. The SMILES string of the molecule is CC(=O)C(C/C=C\CCCC(=O)O)CCCC(O)COc1cccc(C)c1. The standard InChI is InChI=1S/C22H32O5/c1-17-9-7-13-21(15-17)27-16-20(24)12-8-11-19(18(2)23)10-5-3-4-6-14-22(25)26/h3,5,7,9,13,15,19-20,24H,4,6,8,10-12,14,16H2,1-2H3,(H,25,26)/b5-3-. The van der Waals surface area contributed by atoms with E-state index in [-0.39, 0.29) is 24.7 Å². The number of carbonyl (C=O) groups is 2. The van der Waals surface area contributed by atoms with Crippen LogP contribution in [0.25, 0.3) is 0 Å². The number of rotatable bonds is 14. The van der Waals surface area contributed by atoms with Crippen LogP contribution in [0.1, 0.15) is 57.4 Å². The Hall–Kier alpha value is -2.14. The molecule has 0 aliphatic rings. The van der Waals surface area contributed by atoms with E-state index in [1.54, 1.807) is 6.92 Å². The Bertz CT molecular complexity index is 608. The molecule has 2 atom stereocenters. The van der Waals surface area contributed by atoms with Crippen molar-refractivity contribution in [2.45, 2.75) is 64.9 Å². The quantitative estimate of drug-likeness (QED) is 0.373. The molecule has 0 saturated carbocycles. The van der Waals surface area contributed by atoms with E-state index in [1.165, 1.54) is 0 Å². The maximum absolute atomic E-state index is 11.8. The van der Waals surface area contributed by atoms with Crippen LogP contribution in [0.5, 0.6) is 5.75 Å². The van der Waals surface area contributed by atoms with Gasteiger partial charge in [0.25, 0.3) is 0 Å². The fraction of sp³-hybridized carbons (Fsp3) is 0.545. The van der Waals surface area contributed by atoms with Gasteiger partial charge < -0.3 is 14.9 Å². The van der Waals surface area contributed by atoms with Gasteiger partial charge in [-0.15, -0.1) is 0 Å². The molecule has 0 radical (unpaired) electrons. The first-order valence-electron chi connectivity index (χ1n) is 9.63. The van der Waals surface area contributed by atoms with E-state index < -0.39 is 12.1 Å². The van der Waals surface area contributed by atoms with Gasteiger partial charge in [-0.25, -0.2) is 0 Å². The van der Waals surface area contributed by atoms with Gasteiger partial charge in [-0.1, -0.05) is 30.7 Å². The Morgan fingerprint density at radius 2 is 1.96 bits per heavy atom. The first-order valence-corrected chi connectivity index (χ1v) is 9.63. The number of hydrogen-bond donors (Lipinski definition) is 2. The highest BCUT2D eigenvalue weighted by Gasteiger charge is 2.14. The first-order chi connectivity index (χ1) is 12.9. The zero-order valence-corrected chi connectivity index (χ0v) is 16.4. The normalized spacial score (nSPS) is 13.4. The van der Waals surface area contributed by atoms with Crippen LogP contribution in [0.4, 0.5) is 0 Å². The van der Waals surface area contributed by atoms with Gasteiger partial charge >= 0.3 is 5.97 Å². The lowest BCUT2D eigenvalue weighted by Crippen LogP contribution is -2.18. The Morgan fingerprint density at radius 3 is 2.63 bits per heavy atom. The number of allylic oxidation sites excluding steroid dienone is 2. The highest BCUT2D eigenvalue weighted by molar-refractivity contribution is 5.78. The third kappa shape index (κ3) is 11.2. The number of carbonyl (C=O) groups excluding carboxylic acids is 1. The third-order valence-corrected chi connectivity index (χ3v) is 4.45. The summed E-state index contributed by atoms with van der Waals surface area (Å²) < 4.78 is 5.60. The van der Waals surface area contributed by atoms with Gasteiger partial charge in [0.05, 0.1) is 6.10 Å². The summed E-state index contributed by atoms with van der Waals surface area (Å²) in [6, 6.07) is 7.71. The molecule has 0 aliphatic heterocycles. The van der Waals surface area contributed by atoms with Crippen LogP contribution >= 0.6 is 0 Å². The molecule has 0 spiro atoms. The minimum atomic E-state index is -0.782. The second kappa shape index (κ2) is 13.1. The van der Waals surface area contributed by atoms with Gasteiger partial charge in [-0.2, -0.15) is 0 Å². The Morgan fingerprint density at radius 1 is 1.19 bits per heavy atom. The Kier molecular flexibility index (Phi) is 11.1. The molecule has 0 aromatic heterocycles. The van der Waals surface area contributed by atoms with E-state index in [2.05, 4.69) is 0 Å². The number of carboxylic acids is 1. The van der Waals surface area contributed by atoms with Gasteiger partial charge in [-0.3, -0.25) is 9.59 Å². The fourth-order valence-electron chi connectivity index (χ4n) is 2.82. The molecule has 0 amide bonds. The van der Waals surface area contributed by atoms with E-state index in [9.17, 15) is 14.7 Å². The molecule has 0 fully saturated rings. The van der Waals surface area contributed by atoms with Crippen molar-refractivity contribution in [2.24, 2.45) is 5.92 Å². The number of aliphatic carboxylic acids is 1. The minimum Gasteiger partial charge on any atom is -0.491 e. The van der Waals surface area contributed by atoms with Crippen LogP contribution in [-0.4, -0.2) is 34.7 Å². The third-order valence-electron chi connectivity index (χ3n) is 4.45. The molecule has 2 unspecified atom stereocenters. The van der Waals surface area contributed by atoms with Crippen LogP contribution in [0.15, 0.2) is 36.4 Å². The summed E-state index contributed by atoms with van der Waals surface area (Å²) in [6.45, 7) is 3.84. The summed E-state index contributed by atoms with van der Waals surface area (Å²) in [5.41, 5.74) is 1.11. The number of Topliss-reactive ketones (excluding diaryl/α,β-unsaturated/α-hetero) is 1. The average molecular weight is 376 g/mol. The number of aryl methyl sites for hydroxylation is 1. The second-order valence-electron chi connectivity index (χ2n) is 7.01. The molecular weight excluding hydrogens is 344 g/mol. The van der Waals surface area contributed by atoms with Gasteiger partial charge in [0.15, 0.2) is 0 Å². The number of ether oxygens (including phenoxy) is 1. The summed E-state index contributed by atoms with van der Waals surface area (Å²) in [6.07, 6.45) is 7.61. The van der Waals surface area contributed by atoms with E-state index >= 15 is 0 Å². The van der Waals surface area contributed by atoms with E-state index in [0.29, 0.717) is 25.7 Å². The number of carboxylic acid groups (broad SMARTS) is 1. The van der Waals surface area contributed by atoms with Gasteiger partial charge in [0, 0.05) is 12.3 Å². The number of aliphatic hydroxyl groups excluding tert-OH is 1. The molecule has 150 valence electrons. The smallest absolute Gasteiger partial charge is 0.303 e. The summed E-state index contributed by atoms with van der Waals surface area (Å²) in [5, 5.41) is 18.7. The van der Waals surface area contributed by atoms with E-state index in [0.717, 1.165) is 24.2 Å². The molecule has 0 bridgehead atoms. The van der Waals surface area contributed by atoms with Crippen molar-refractivity contribution in [2.75, 3.05) is 6.61 Å². The number of ketones is 1. The summed E-state index contributed by atoms with van der Waals surface area (Å²) in [5.74, 6) is 0.0694. The molecule has 5 heteroatoms. The van der Waals surface area contributed by atoms with Crippen molar-refractivity contribution in [3.05, 3.63) is 42.0 Å². The van der Waals surface area contributed by atoms with Crippen molar-refractivity contribution in [3.63, 3.8) is 0 Å². The van der Waals surface area contributed by atoms with Crippen LogP contribution in [0.3, 0.4) is 0 Å². The molecule has 0 aliphatic carbocycles. The molecule has 1 rings (SSSR count). The molecular formula is C22H32O5. The first kappa shape index (κ1) is 22.9. The molecule has 1 aromatic rings. The van der Waals surface area contributed by atoms with Gasteiger partial charge in [0.2, 0.25) is 0 Å². The lowest BCUT2D eigenvalue weighted by Gasteiger charge is -2.15. The Labute approximate surface area is 162 Å². The van der Waals surface area contributed by atoms with Crippen molar-refractivity contribution in [1.29, 1.82) is 0 Å². The van der Waals surface area contributed by atoms with Crippen LogP contribution in [0, 0.1) is 12.8 Å². The highest BCUT2D eigenvalue weighted by Crippen LogP contribution is 2.17. The van der Waals surface area contributed by atoms with Crippen molar-refractivity contribution in [1.82, 2.24) is 0 Å². The molecule has 5 nitrogen and oxygen atoms in total. The topological polar surface area (TPSA) is 83.8 Å². The minimum absolute atomic E-state index is 0.0504. The number of unbranched alkanes of at least 4 members (excludes halogenated alkanes) is 1. The number of aliphatic hydroxyl groups is 1. The van der Waals surface area contributed by atoms with E-state index in [1.807, 2.05) is 43.3 Å². The average Bonchev–Trinajstić information content (AvgIpc) is 2.60. The van der Waals surface area contributed by atoms with Crippen LogP contribution in [0.2, 0.25) is 0 Å². The van der Waals surface area contributed by atoms with Gasteiger partial charge in [-0.05, 0) is 63.6 Å². The maximum Gasteiger partial charge on any atom is 0.303 e. The largest absolute Gasteiger partial charge is 0.491 e. The van der Waals surface area contributed by atoms with Gasteiger partial charge in [0.1, 0.15) is 18.1 Å². The van der Waals surface area contributed by atoms with Crippen molar-refractivity contribution < 1.29 is 24.5 Å². The highest BCUT2D eigenvalue weighted by atomic mass is 16.5. The summed E-state index contributed by atoms with van der Waals surface area (Å²) >= 11 is 0. The maximum atomic E-state index is 11.8. The second-order valence-corrected chi connectivity index (χ2v) is 7.01. The fourth-order valence-corrected chi connectivity index (χ4v) is 2.82. The van der Waals surface area contributed by atoms with Crippen molar-refractivity contribution in [3.8, 4) is 5.75 Å². The lowest BCUT2D eigenvalue weighted by atomic mass is 9.93. The summed E-state index contributed by atoms with van der Waals surface area (Å²) in [4.78, 5) is 22.2. The zero-order chi connectivity index (χ0) is 20.1. The molecule has 0 saturated heterocycles. The van der Waals surface area contributed by atoms with Crippen LogP contribution < -0.4 is 4.74 Å². The number of benzene rings is 1. The van der Waals surface area contributed by atoms with Crippen molar-refractivity contribution >= 4 is 11.8 Å². The molecule has 0 heterocycles.